The van der Waals surface area contributed by atoms with Gasteiger partial charge in [0.1, 0.15) is 0 Å². The van der Waals surface area contributed by atoms with Crippen LogP contribution >= 0.6 is 11.3 Å². The first kappa shape index (κ1) is 15.7. The molecular weight excluding hydrogens is 312 g/mol. The summed E-state index contributed by atoms with van der Waals surface area (Å²) >= 11 is 1.65. The van der Waals surface area contributed by atoms with Crippen LogP contribution < -0.4 is 14.8 Å². The minimum Gasteiger partial charge on any atom is -0.493 e. The maximum atomic E-state index is 12.3. The molecule has 1 unspecified atom stereocenters. The van der Waals surface area contributed by atoms with Crippen molar-refractivity contribution in [2.45, 2.75) is 12.5 Å². The largest absolute Gasteiger partial charge is 0.493 e. The molecule has 1 aromatic carbocycles. The van der Waals surface area contributed by atoms with Crippen LogP contribution in [-0.4, -0.2) is 38.7 Å². The van der Waals surface area contributed by atoms with Crippen LogP contribution in [0.3, 0.4) is 0 Å². The van der Waals surface area contributed by atoms with E-state index in [1.165, 1.54) is 5.56 Å². The minimum absolute atomic E-state index is 0.0659. The molecule has 0 saturated heterocycles. The highest BCUT2D eigenvalue weighted by Gasteiger charge is 2.33. The zero-order chi connectivity index (χ0) is 16.4. The smallest absolute Gasteiger partial charge is 0.317 e. The van der Waals surface area contributed by atoms with E-state index < -0.39 is 0 Å². The molecule has 2 amide bonds. The molecule has 0 fully saturated rings. The second-order valence-electron chi connectivity index (χ2n) is 5.32. The van der Waals surface area contributed by atoms with E-state index in [9.17, 15) is 4.79 Å². The summed E-state index contributed by atoms with van der Waals surface area (Å²) in [6.07, 6.45) is 0.797. The third-order valence-electron chi connectivity index (χ3n) is 4.16. The van der Waals surface area contributed by atoms with E-state index in [-0.39, 0.29) is 12.1 Å². The van der Waals surface area contributed by atoms with Gasteiger partial charge in [-0.05, 0) is 41.1 Å². The van der Waals surface area contributed by atoms with Crippen LogP contribution in [0.15, 0.2) is 29.6 Å². The quantitative estimate of drug-likeness (QED) is 0.940. The van der Waals surface area contributed by atoms with Gasteiger partial charge in [0.15, 0.2) is 11.5 Å². The Labute approximate surface area is 139 Å². The molecule has 0 bridgehead atoms. The number of nitrogens with zero attached hydrogens (tertiary/aromatic N) is 1. The van der Waals surface area contributed by atoms with Crippen LogP contribution in [0, 0.1) is 0 Å². The van der Waals surface area contributed by atoms with Crippen LogP contribution in [0.2, 0.25) is 0 Å². The van der Waals surface area contributed by atoms with Gasteiger partial charge in [-0.2, -0.15) is 0 Å². The summed E-state index contributed by atoms with van der Waals surface area (Å²) in [5, 5.41) is 4.78. The molecule has 2 aromatic rings. The topological polar surface area (TPSA) is 50.8 Å². The van der Waals surface area contributed by atoms with Crippen molar-refractivity contribution in [3.05, 3.63) is 45.6 Å². The molecule has 2 heterocycles. The molecule has 0 saturated carbocycles. The fourth-order valence-corrected chi connectivity index (χ4v) is 3.92. The van der Waals surface area contributed by atoms with E-state index in [1.54, 1.807) is 32.6 Å². The number of hydrogen-bond donors (Lipinski definition) is 1. The molecule has 0 radical (unpaired) electrons. The monoisotopic (exact) mass is 332 g/mol. The van der Waals surface area contributed by atoms with E-state index in [1.807, 2.05) is 28.5 Å². The SMILES string of the molecule is CNC(=O)N1CCc2cc(OC)c(OC)cc2C1c1cccs1. The minimum atomic E-state index is -0.0986. The first-order valence-electron chi connectivity index (χ1n) is 7.46. The van der Waals surface area contributed by atoms with Gasteiger partial charge in [0.25, 0.3) is 0 Å². The number of fused-ring (bicyclic) bond motifs is 1. The number of ether oxygens (including phenoxy) is 2. The van der Waals surface area contributed by atoms with Crippen molar-refractivity contribution in [3.8, 4) is 11.5 Å². The number of benzene rings is 1. The molecule has 3 rings (SSSR count). The summed E-state index contributed by atoms with van der Waals surface area (Å²) in [6, 6.07) is 7.93. The molecule has 1 N–H and O–H groups in total. The van der Waals surface area contributed by atoms with Crippen molar-refractivity contribution < 1.29 is 14.3 Å². The molecular formula is C17H20N2O3S. The van der Waals surface area contributed by atoms with Crippen molar-refractivity contribution in [2.24, 2.45) is 0 Å². The Morgan fingerprint density at radius 2 is 2.04 bits per heavy atom. The van der Waals surface area contributed by atoms with E-state index in [2.05, 4.69) is 11.4 Å². The van der Waals surface area contributed by atoms with Gasteiger partial charge in [-0.15, -0.1) is 11.3 Å². The third kappa shape index (κ3) is 2.74. The standard InChI is InChI=1S/C17H20N2O3S/c1-18-17(20)19-7-6-11-9-13(21-2)14(22-3)10-12(11)16(19)15-5-4-8-23-15/h4-5,8-10,16H,6-7H2,1-3H3,(H,18,20). The number of amides is 2. The van der Waals surface area contributed by atoms with Crippen LogP contribution in [0.1, 0.15) is 22.0 Å². The van der Waals surface area contributed by atoms with Gasteiger partial charge in [0, 0.05) is 18.5 Å². The number of methoxy groups -OCH3 is 2. The molecule has 1 aromatic heterocycles. The summed E-state index contributed by atoms with van der Waals surface area (Å²) in [4.78, 5) is 15.3. The Hall–Kier alpha value is -2.21. The number of nitrogens with one attached hydrogen (secondary N) is 1. The van der Waals surface area contributed by atoms with Gasteiger partial charge in [0.2, 0.25) is 0 Å². The van der Waals surface area contributed by atoms with Crippen molar-refractivity contribution in [1.29, 1.82) is 0 Å². The Morgan fingerprint density at radius 3 is 2.65 bits per heavy atom. The molecule has 0 aliphatic carbocycles. The highest BCUT2D eigenvalue weighted by Crippen LogP contribution is 2.42. The molecule has 1 aliphatic heterocycles. The van der Waals surface area contributed by atoms with Crippen LogP contribution in [0.4, 0.5) is 4.79 Å². The van der Waals surface area contributed by atoms with Crippen LogP contribution in [0.5, 0.6) is 11.5 Å². The van der Waals surface area contributed by atoms with Crippen LogP contribution in [0.25, 0.3) is 0 Å². The maximum absolute atomic E-state index is 12.3. The Balaban J connectivity index is 2.14. The van der Waals surface area contributed by atoms with Gasteiger partial charge < -0.3 is 19.7 Å². The number of thiophene rings is 1. The summed E-state index contributed by atoms with van der Waals surface area (Å²) in [5.74, 6) is 1.41. The first-order chi connectivity index (χ1) is 11.2. The lowest BCUT2D eigenvalue weighted by Crippen LogP contribution is -2.44. The molecule has 0 spiro atoms. The Kier molecular flexibility index (Phi) is 4.43. The molecule has 122 valence electrons. The van der Waals surface area contributed by atoms with Gasteiger partial charge >= 0.3 is 6.03 Å². The van der Waals surface area contributed by atoms with E-state index in [4.69, 9.17) is 9.47 Å². The summed E-state index contributed by atoms with van der Waals surface area (Å²) in [6.45, 7) is 0.671. The average Bonchev–Trinajstić information content (AvgIpc) is 3.12. The lowest BCUT2D eigenvalue weighted by Gasteiger charge is -2.37. The molecule has 5 nitrogen and oxygen atoms in total. The normalized spacial score (nSPS) is 16.7. The summed E-state index contributed by atoms with van der Waals surface area (Å²) < 4.78 is 10.9. The fourth-order valence-electron chi connectivity index (χ4n) is 3.06. The van der Waals surface area contributed by atoms with Crippen LogP contribution in [-0.2, 0) is 6.42 Å². The molecule has 23 heavy (non-hydrogen) atoms. The Bertz CT molecular complexity index is 700. The predicted octanol–water partition coefficient (Wildman–Crippen LogP) is 3.05. The number of urea groups is 1. The molecule has 1 atom stereocenters. The van der Waals surface area contributed by atoms with Gasteiger partial charge in [-0.1, -0.05) is 6.07 Å². The average molecular weight is 332 g/mol. The zero-order valence-electron chi connectivity index (χ0n) is 13.5. The highest BCUT2D eigenvalue weighted by molar-refractivity contribution is 7.10. The maximum Gasteiger partial charge on any atom is 0.317 e. The van der Waals surface area contributed by atoms with E-state index in [0.717, 1.165) is 22.6 Å². The lowest BCUT2D eigenvalue weighted by atomic mass is 9.91. The lowest BCUT2D eigenvalue weighted by molar-refractivity contribution is 0.183. The van der Waals surface area contributed by atoms with Gasteiger partial charge in [0.05, 0.1) is 20.3 Å². The zero-order valence-corrected chi connectivity index (χ0v) is 14.3. The first-order valence-corrected chi connectivity index (χ1v) is 8.34. The molecule has 1 aliphatic rings. The highest BCUT2D eigenvalue weighted by atomic mass is 32.1. The fraction of sp³-hybridized carbons (Fsp3) is 0.353. The van der Waals surface area contributed by atoms with Crippen molar-refractivity contribution in [2.75, 3.05) is 27.8 Å². The number of carbonyl (C=O) groups excluding carboxylic acids is 1. The number of rotatable bonds is 3. The Morgan fingerprint density at radius 1 is 1.30 bits per heavy atom. The number of carbonyl (C=O) groups is 1. The van der Waals surface area contributed by atoms with Crippen molar-refractivity contribution in [1.82, 2.24) is 10.2 Å². The van der Waals surface area contributed by atoms with Crippen molar-refractivity contribution >= 4 is 17.4 Å². The van der Waals surface area contributed by atoms with Gasteiger partial charge in [-0.25, -0.2) is 4.79 Å². The summed E-state index contributed by atoms with van der Waals surface area (Å²) in [7, 11) is 4.93. The van der Waals surface area contributed by atoms with Crippen molar-refractivity contribution in [3.63, 3.8) is 0 Å². The van der Waals surface area contributed by atoms with E-state index in [0.29, 0.717) is 12.3 Å². The molecule has 6 heteroatoms. The third-order valence-corrected chi connectivity index (χ3v) is 5.09. The summed E-state index contributed by atoms with van der Waals surface area (Å²) in [5.41, 5.74) is 2.29. The van der Waals surface area contributed by atoms with E-state index >= 15 is 0 Å². The predicted molar refractivity (Wildman–Crippen MR) is 90.6 cm³/mol. The second-order valence-corrected chi connectivity index (χ2v) is 6.30. The second kappa shape index (κ2) is 6.50. The number of hydrogen-bond acceptors (Lipinski definition) is 4. The van der Waals surface area contributed by atoms with Gasteiger partial charge in [-0.3, -0.25) is 0 Å².